The molecule has 0 aliphatic carbocycles. The highest BCUT2D eigenvalue weighted by atomic mass is 16.2. The van der Waals surface area contributed by atoms with Crippen molar-refractivity contribution < 1.29 is 9.59 Å². The normalized spacial score (nSPS) is 11.9. The topological polar surface area (TPSA) is 113 Å². The van der Waals surface area contributed by atoms with E-state index >= 15 is 0 Å². The molecule has 0 aliphatic heterocycles. The van der Waals surface area contributed by atoms with Crippen LogP contribution in [0.1, 0.15) is 20.3 Å². The van der Waals surface area contributed by atoms with Crippen molar-refractivity contribution in [3.63, 3.8) is 0 Å². The van der Waals surface area contributed by atoms with Crippen LogP contribution in [0, 0.1) is 0 Å². The van der Waals surface area contributed by atoms with Crippen LogP contribution in [0.15, 0.2) is 33.9 Å². The van der Waals surface area contributed by atoms with Gasteiger partial charge in [-0.05, 0) is 26.0 Å². The summed E-state index contributed by atoms with van der Waals surface area (Å²) in [5, 5.41) is 5.57. The number of H-pyrrole nitrogens is 1. The van der Waals surface area contributed by atoms with Gasteiger partial charge in [-0.2, -0.15) is 0 Å². The van der Waals surface area contributed by atoms with E-state index in [9.17, 15) is 19.2 Å². The van der Waals surface area contributed by atoms with Crippen molar-refractivity contribution >= 4 is 22.7 Å². The predicted molar refractivity (Wildman–Crippen MR) is 89.7 cm³/mol. The fourth-order valence-electron chi connectivity index (χ4n) is 2.38. The Balaban J connectivity index is 2.11. The van der Waals surface area contributed by atoms with Gasteiger partial charge in [0.25, 0.3) is 5.56 Å². The van der Waals surface area contributed by atoms with Crippen LogP contribution in [0.5, 0.6) is 0 Å². The Morgan fingerprint density at radius 3 is 2.67 bits per heavy atom. The molecule has 8 heteroatoms. The summed E-state index contributed by atoms with van der Waals surface area (Å²) in [6, 6.07) is 6.03. The summed E-state index contributed by atoms with van der Waals surface area (Å²) in [5.74, 6) is -0.617. The van der Waals surface area contributed by atoms with E-state index in [4.69, 9.17) is 0 Å². The lowest BCUT2D eigenvalue weighted by molar-refractivity contribution is -0.128. The van der Waals surface area contributed by atoms with Crippen molar-refractivity contribution in [2.75, 3.05) is 6.54 Å². The molecular weight excluding hydrogens is 312 g/mol. The maximum atomic E-state index is 12.0. The number of para-hydroxylation sites is 1. The Bertz CT molecular complexity index is 868. The highest BCUT2D eigenvalue weighted by Gasteiger charge is 2.15. The number of nitrogens with zero attached hydrogens (tertiary/aromatic N) is 1. The average Bonchev–Trinajstić information content (AvgIpc) is 2.54. The number of carbonyl (C=O) groups is 2. The molecule has 1 aromatic heterocycles. The van der Waals surface area contributed by atoms with E-state index in [1.165, 1.54) is 4.57 Å². The molecule has 2 aromatic rings. The van der Waals surface area contributed by atoms with E-state index in [1.807, 2.05) is 0 Å². The summed E-state index contributed by atoms with van der Waals surface area (Å²) in [5.41, 5.74) is -0.555. The fourth-order valence-corrected chi connectivity index (χ4v) is 2.38. The molecule has 0 saturated heterocycles. The van der Waals surface area contributed by atoms with E-state index in [1.54, 1.807) is 38.1 Å². The summed E-state index contributed by atoms with van der Waals surface area (Å²) in [4.78, 5) is 49.6. The number of aromatic nitrogens is 2. The number of aryl methyl sites for hydroxylation is 1. The van der Waals surface area contributed by atoms with Gasteiger partial charge in [0.15, 0.2) is 0 Å². The van der Waals surface area contributed by atoms with Crippen LogP contribution < -0.4 is 21.9 Å². The molecule has 8 nitrogen and oxygen atoms in total. The summed E-state index contributed by atoms with van der Waals surface area (Å²) in [6.07, 6.45) is 0.0136. The molecule has 0 saturated carbocycles. The number of amides is 2. The first-order chi connectivity index (χ1) is 11.4. The van der Waals surface area contributed by atoms with Crippen molar-refractivity contribution in [3.8, 4) is 0 Å². The van der Waals surface area contributed by atoms with E-state index < -0.39 is 17.3 Å². The zero-order chi connectivity index (χ0) is 17.7. The summed E-state index contributed by atoms with van der Waals surface area (Å²) >= 11 is 0. The minimum Gasteiger partial charge on any atom is -0.355 e. The van der Waals surface area contributed by atoms with Crippen LogP contribution >= 0.6 is 0 Å². The lowest BCUT2D eigenvalue weighted by Gasteiger charge is -2.14. The molecule has 1 heterocycles. The Labute approximate surface area is 137 Å². The van der Waals surface area contributed by atoms with Gasteiger partial charge >= 0.3 is 5.69 Å². The molecule has 1 atom stereocenters. The Morgan fingerprint density at radius 1 is 1.25 bits per heavy atom. The van der Waals surface area contributed by atoms with Crippen LogP contribution in [-0.2, 0) is 16.1 Å². The number of aromatic amines is 1. The standard InChI is InChI=1S/C16H20N4O4/c1-3-17-14(22)10(2)18-13(21)8-9-20-12-7-5-4-6-11(12)15(23)19-16(20)24/h4-7,10H,3,8-9H2,1-2H3,(H,17,22)(H,18,21)(H,19,23,24)/t10-/m1/s1. The number of hydrogen-bond donors (Lipinski definition) is 3. The minimum absolute atomic E-state index is 0.0136. The SMILES string of the molecule is CCNC(=O)[C@@H](C)NC(=O)CCn1c(=O)[nH]c(=O)c2ccccc21. The lowest BCUT2D eigenvalue weighted by Crippen LogP contribution is -2.45. The predicted octanol–water partition coefficient (Wildman–Crippen LogP) is -0.279. The third-order valence-corrected chi connectivity index (χ3v) is 3.59. The van der Waals surface area contributed by atoms with E-state index in [0.29, 0.717) is 17.4 Å². The molecule has 0 bridgehead atoms. The van der Waals surface area contributed by atoms with Crippen LogP contribution in [0.4, 0.5) is 0 Å². The highest BCUT2D eigenvalue weighted by molar-refractivity contribution is 5.87. The van der Waals surface area contributed by atoms with Crippen LogP contribution in [0.25, 0.3) is 10.9 Å². The second-order valence-electron chi connectivity index (χ2n) is 5.36. The Kier molecular flexibility index (Phi) is 5.51. The van der Waals surface area contributed by atoms with Gasteiger partial charge in [0.2, 0.25) is 11.8 Å². The van der Waals surface area contributed by atoms with Gasteiger partial charge in [-0.3, -0.25) is 23.9 Å². The first-order valence-corrected chi connectivity index (χ1v) is 7.73. The zero-order valence-corrected chi connectivity index (χ0v) is 13.6. The second kappa shape index (κ2) is 7.58. The van der Waals surface area contributed by atoms with Crippen molar-refractivity contribution in [1.82, 2.24) is 20.2 Å². The molecule has 24 heavy (non-hydrogen) atoms. The zero-order valence-electron chi connectivity index (χ0n) is 13.6. The summed E-state index contributed by atoms with van der Waals surface area (Å²) in [7, 11) is 0. The number of benzene rings is 1. The van der Waals surface area contributed by atoms with E-state index in [0.717, 1.165) is 0 Å². The second-order valence-corrected chi connectivity index (χ2v) is 5.36. The van der Waals surface area contributed by atoms with Crippen molar-refractivity contribution in [2.24, 2.45) is 0 Å². The molecule has 128 valence electrons. The van der Waals surface area contributed by atoms with Gasteiger partial charge in [0, 0.05) is 19.5 Å². The van der Waals surface area contributed by atoms with Gasteiger partial charge < -0.3 is 10.6 Å². The number of likely N-dealkylation sites (N-methyl/N-ethyl adjacent to an activating group) is 1. The average molecular weight is 332 g/mol. The monoisotopic (exact) mass is 332 g/mol. The molecular formula is C16H20N4O4. The summed E-state index contributed by atoms with van der Waals surface area (Å²) < 4.78 is 1.34. The third-order valence-electron chi connectivity index (χ3n) is 3.59. The number of fused-ring (bicyclic) bond motifs is 1. The van der Waals surface area contributed by atoms with Gasteiger partial charge in [-0.1, -0.05) is 12.1 Å². The highest BCUT2D eigenvalue weighted by Crippen LogP contribution is 2.07. The number of hydrogen-bond acceptors (Lipinski definition) is 4. The summed E-state index contributed by atoms with van der Waals surface area (Å²) in [6.45, 7) is 3.96. The minimum atomic E-state index is -0.651. The van der Waals surface area contributed by atoms with Gasteiger partial charge in [-0.25, -0.2) is 4.79 Å². The van der Waals surface area contributed by atoms with Crippen molar-refractivity contribution in [3.05, 3.63) is 45.1 Å². The van der Waals surface area contributed by atoms with Crippen LogP contribution in [-0.4, -0.2) is 34.0 Å². The molecule has 0 aliphatic rings. The quantitative estimate of drug-likeness (QED) is 0.675. The molecule has 0 radical (unpaired) electrons. The van der Waals surface area contributed by atoms with Crippen molar-refractivity contribution in [2.45, 2.75) is 32.9 Å². The maximum Gasteiger partial charge on any atom is 0.328 e. The van der Waals surface area contributed by atoms with Gasteiger partial charge in [0.1, 0.15) is 6.04 Å². The largest absolute Gasteiger partial charge is 0.355 e. The molecule has 2 amide bonds. The van der Waals surface area contributed by atoms with Crippen LogP contribution in [0.2, 0.25) is 0 Å². The molecule has 1 aromatic carbocycles. The molecule has 0 spiro atoms. The Morgan fingerprint density at radius 2 is 1.96 bits per heavy atom. The third kappa shape index (κ3) is 3.89. The fraction of sp³-hybridized carbons (Fsp3) is 0.375. The first kappa shape index (κ1) is 17.5. The first-order valence-electron chi connectivity index (χ1n) is 7.73. The molecule has 3 N–H and O–H groups in total. The smallest absolute Gasteiger partial charge is 0.328 e. The van der Waals surface area contributed by atoms with E-state index in [-0.39, 0.29) is 24.8 Å². The number of nitrogens with one attached hydrogen (secondary N) is 3. The maximum absolute atomic E-state index is 12.0. The molecule has 0 fully saturated rings. The van der Waals surface area contributed by atoms with Gasteiger partial charge in [0.05, 0.1) is 10.9 Å². The number of rotatable bonds is 6. The number of carbonyl (C=O) groups excluding carboxylic acids is 2. The molecule has 2 rings (SSSR count). The van der Waals surface area contributed by atoms with E-state index in [2.05, 4.69) is 15.6 Å². The van der Waals surface area contributed by atoms with Gasteiger partial charge in [-0.15, -0.1) is 0 Å². The Hall–Kier alpha value is -2.90. The lowest BCUT2D eigenvalue weighted by atomic mass is 10.2. The van der Waals surface area contributed by atoms with Crippen molar-refractivity contribution in [1.29, 1.82) is 0 Å². The molecule has 0 unspecified atom stereocenters. The van der Waals surface area contributed by atoms with Crippen LogP contribution in [0.3, 0.4) is 0 Å².